The molecule has 4 N–H and O–H groups in total. The molecule has 4 aliphatic rings. The average Bonchev–Trinajstić information content (AvgIpc) is 3.86. The first-order valence-corrected chi connectivity index (χ1v) is 19.5. The molecule has 0 unspecified atom stereocenters. The van der Waals surface area contributed by atoms with E-state index in [1.165, 1.54) is 20.9 Å². The maximum absolute atomic E-state index is 14.5. The molecule has 7 amide bonds. The van der Waals surface area contributed by atoms with E-state index in [2.05, 4.69) is 21.3 Å². The summed E-state index contributed by atoms with van der Waals surface area (Å²) < 4.78 is 5.74. The predicted molar refractivity (Wildman–Crippen MR) is 205 cm³/mol. The standard InChI is InChI=1S/C41H51N7O8/c1-26-22-34-40(54)56-25-31(44-35(49)30(23-29-14-7-4-8-15-29)45-41(55)42-19-18-28-12-5-3-6-13-28)38(52)47-21-11-17-33(47)39(53)46-20-10-9-16-32(46)36(50)43-27(2)37(51)48(34)24-26/h3-8,12-15,18-19,26-27,30-34H,9-11,16-17,20-25H2,1-2H3,(H,43,50)(H,44,49)(H2,42,45,55)/b19-18+/t26-,27-,30-,31-,32-,33-,34-/m0/s1. The molecule has 4 saturated heterocycles. The van der Waals surface area contributed by atoms with Gasteiger partial charge in [-0.2, -0.15) is 0 Å². The number of nitrogens with one attached hydrogen (secondary N) is 4. The molecule has 0 saturated carbocycles. The fraction of sp³-hybridized carbons (Fsp3) is 0.488. The summed E-state index contributed by atoms with van der Waals surface area (Å²) in [4.78, 5) is 101. The Hall–Kier alpha value is -5.73. The van der Waals surface area contributed by atoms with Crippen molar-refractivity contribution in [3.05, 3.63) is 78.0 Å². The topological polar surface area (TPSA) is 187 Å². The molecule has 56 heavy (non-hydrogen) atoms. The van der Waals surface area contributed by atoms with Crippen molar-refractivity contribution in [2.45, 2.75) is 95.0 Å². The molecule has 0 radical (unpaired) electrons. The summed E-state index contributed by atoms with van der Waals surface area (Å²) in [5.41, 5.74) is 1.59. The number of rotatable bonds is 7. The SMILES string of the molecule is C[C@H]1C[C@H]2C(=O)OC[C@H](NC(=O)[C@H](Cc3ccccc3)NC(=O)N/C=C/c3ccccc3)C(=O)N3CCC[C@H]3C(=O)N3CCCC[C@H]3C(=O)N[C@@H](C)C(=O)N2C1. The number of carbonyl (C=O) groups is 7. The van der Waals surface area contributed by atoms with Gasteiger partial charge in [-0.25, -0.2) is 9.59 Å². The molecule has 4 fully saturated rings. The number of carbonyl (C=O) groups excluding carboxylic acids is 7. The Kier molecular flexibility index (Phi) is 13.0. The molecule has 15 nitrogen and oxygen atoms in total. The van der Waals surface area contributed by atoms with Gasteiger partial charge in [-0.1, -0.05) is 67.6 Å². The third-order valence-corrected chi connectivity index (χ3v) is 10.9. The van der Waals surface area contributed by atoms with Gasteiger partial charge in [0.25, 0.3) is 0 Å². The van der Waals surface area contributed by atoms with E-state index >= 15 is 0 Å². The highest BCUT2D eigenvalue weighted by molar-refractivity contribution is 5.97. The van der Waals surface area contributed by atoms with Crippen LogP contribution in [0.3, 0.4) is 0 Å². The Labute approximate surface area is 326 Å². The smallest absolute Gasteiger partial charge is 0.328 e. The van der Waals surface area contributed by atoms with Crippen LogP contribution in [0, 0.1) is 5.92 Å². The highest BCUT2D eigenvalue weighted by atomic mass is 16.5. The van der Waals surface area contributed by atoms with Crippen molar-refractivity contribution in [2.24, 2.45) is 5.92 Å². The molecule has 0 spiro atoms. The maximum Gasteiger partial charge on any atom is 0.328 e. The fourth-order valence-electron chi connectivity index (χ4n) is 8.03. The van der Waals surface area contributed by atoms with Crippen LogP contribution in [0.25, 0.3) is 6.08 Å². The van der Waals surface area contributed by atoms with Crippen LogP contribution < -0.4 is 21.3 Å². The number of piperidine rings is 1. The summed E-state index contributed by atoms with van der Waals surface area (Å²) in [5, 5.41) is 10.9. The Morgan fingerprint density at radius 2 is 1.50 bits per heavy atom. The fourth-order valence-corrected chi connectivity index (χ4v) is 8.03. The number of cyclic esters (lactones) is 1. The van der Waals surface area contributed by atoms with Gasteiger partial charge < -0.3 is 40.7 Å². The van der Waals surface area contributed by atoms with Crippen LogP contribution >= 0.6 is 0 Å². The Morgan fingerprint density at radius 1 is 0.821 bits per heavy atom. The van der Waals surface area contributed by atoms with Crippen LogP contribution in [-0.2, 0) is 39.9 Å². The quantitative estimate of drug-likeness (QED) is 0.307. The second-order valence-corrected chi connectivity index (χ2v) is 15.1. The summed E-state index contributed by atoms with van der Waals surface area (Å²) in [6.07, 6.45) is 6.17. The summed E-state index contributed by atoms with van der Waals surface area (Å²) in [6, 6.07) is 11.4. The van der Waals surface area contributed by atoms with Gasteiger partial charge in [-0.15, -0.1) is 0 Å². The van der Waals surface area contributed by atoms with Crippen LogP contribution in [0.2, 0.25) is 0 Å². The van der Waals surface area contributed by atoms with E-state index in [1.807, 2.05) is 43.3 Å². The zero-order chi connectivity index (χ0) is 39.8. The summed E-state index contributed by atoms with van der Waals surface area (Å²) in [6.45, 7) is 3.68. The monoisotopic (exact) mass is 769 g/mol. The minimum Gasteiger partial charge on any atom is -0.461 e. The van der Waals surface area contributed by atoms with Crippen molar-refractivity contribution in [3.63, 3.8) is 0 Å². The molecule has 298 valence electrons. The molecular weight excluding hydrogens is 718 g/mol. The van der Waals surface area contributed by atoms with E-state index < -0.39 is 78.5 Å². The van der Waals surface area contributed by atoms with Gasteiger partial charge in [0.1, 0.15) is 42.9 Å². The number of hydrogen-bond donors (Lipinski definition) is 4. The largest absolute Gasteiger partial charge is 0.461 e. The zero-order valence-electron chi connectivity index (χ0n) is 31.9. The van der Waals surface area contributed by atoms with Gasteiger partial charge in [-0.05, 0) is 68.6 Å². The van der Waals surface area contributed by atoms with Gasteiger partial charge in [-0.3, -0.25) is 24.0 Å². The third kappa shape index (κ3) is 9.55. The molecule has 0 aliphatic carbocycles. The van der Waals surface area contributed by atoms with Crippen molar-refractivity contribution in [1.29, 1.82) is 0 Å². The minimum absolute atomic E-state index is 0.0473. The highest BCUT2D eigenvalue weighted by Gasteiger charge is 2.46. The second-order valence-electron chi connectivity index (χ2n) is 15.1. The average molecular weight is 770 g/mol. The molecule has 4 aliphatic heterocycles. The Balaban J connectivity index is 1.27. The number of esters is 1. The van der Waals surface area contributed by atoms with Gasteiger partial charge in [0.15, 0.2) is 0 Å². The number of fused-ring (bicyclic) bond motifs is 3. The normalized spacial score (nSPS) is 26.8. The number of urea groups is 1. The van der Waals surface area contributed by atoms with Crippen molar-refractivity contribution >= 4 is 47.6 Å². The first-order valence-electron chi connectivity index (χ1n) is 19.5. The van der Waals surface area contributed by atoms with Crippen LogP contribution in [0.1, 0.15) is 63.5 Å². The van der Waals surface area contributed by atoms with Gasteiger partial charge in [0, 0.05) is 32.3 Å². The highest BCUT2D eigenvalue weighted by Crippen LogP contribution is 2.28. The number of benzene rings is 2. The molecule has 2 aromatic carbocycles. The molecule has 4 heterocycles. The maximum atomic E-state index is 14.5. The number of hydrogen-bond acceptors (Lipinski definition) is 8. The van der Waals surface area contributed by atoms with Gasteiger partial charge in [0.05, 0.1) is 0 Å². The number of nitrogens with zero attached hydrogens (tertiary/aromatic N) is 3. The van der Waals surface area contributed by atoms with E-state index in [0.29, 0.717) is 45.1 Å². The van der Waals surface area contributed by atoms with E-state index in [-0.39, 0.29) is 31.3 Å². The first-order chi connectivity index (χ1) is 27.0. The lowest BCUT2D eigenvalue weighted by molar-refractivity contribution is -0.158. The van der Waals surface area contributed by atoms with Crippen molar-refractivity contribution in [1.82, 2.24) is 36.0 Å². The Morgan fingerprint density at radius 3 is 2.25 bits per heavy atom. The lowest BCUT2D eigenvalue weighted by Gasteiger charge is -2.39. The molecule has 2 aromatic rings. The molecular formula is C41H51N7O8. The van der Waals surface area contributed by atoms with Crippen LogP contribution in [0.15, 0.2) is 66.9 Å². The van der Waals surface area contributed by atoms with E-state index in [9.17, 15) is 33.6 Å². The van der Waals surface area contributed by atoms with Gasteiger partial charge in [0.2, 0.25) is 29.5 Å². The van der Waals surface area contributed by atoms with Gasteiger partial charge >= 0.3 is 12.0 Å². The minimum atomic E-state index is -1.43. The number of amides is 7. The van der Waals surface area contributed by atoms with Crippen LogP contribution in [0.5, 0.6) is 0 Å². The predicted octanol–water partition coefficient (Wildman–Crippen LogP) is 1.72. The van der Waals surface area contributed by atoms with E-state index in [0.717, 1.165) is 11.1 Å². The Bertz CT molecular complexity index is 1810. The van der Waals surface area contributed by atoms with E-state index in [1.54, 1.807) is 37.3 Å². The number of ether oxygens (including phenoxy) is 1. The zero-order valence-corrected chi connectivity index (χ0v) is 31.9. The van der Waals surface area contributed by atoms with Crippen molar-refractivity contribution < 1.29 is 38.3 Å². The summed E-state index contributed by atoms with van der Waals surface area (Å²) in [7, 11) is 0. The van der Waals surface area contributed by atoms with E-state index in [4.69, 9.17) is 4.74 Å². The molecule has 15 heteroatoms. The summed E-state index contributed by atoms with van der Waals surface area (Å²) >= 11 is 0. The lowest BCUT2D eigenvalue weighted by atomic mass is 9.99. The first kappa shape index (κ1) is 39.9. The van der Waals surface area contributed by atoms with Crippen molar-refractivity contribution in [3.8, 4) is 0 Å². The molecule has 0 aromatic heterocycles. The lowest BCUT2D eigenvalue weighted by Crippen LogP contribution is -2.62. The third-order valence-electron chi connectivity index (χ3n) is 10.9. The van der Waals surface area contributed by atoms with Crippen LogP contribution in [0.4, 0.5) is 4.79 Å². The molecule has 0 bridgehead atoms. The molecule has 7 atom stereocenters. The second kappa shape index (κ2) is 18.3. The molecule has 6 rings (SSSR count). The summed E-state index contributed by atoms with van der Waals surface area (Å²) in [5.74, 6) is -3.46. The van der Waals surface area contributed by atoms with Crippen molar-refractivity contribution in [2.75, 3.05) is 26.2 Å². The van der Waals surface area contributed by atoms with Crippen LogP contribution in [-0.4, -0.2) is 119 Å².